The quantitative estimate of drug-likeness (QED) is 0.693. The van der Waals surface area contributed by atoms with Gasteiger partial charge in [-0.25, -0.2) is 0 Å². The maximum Gasteiger partial charge on any atom is 0.279 e. The van der Waals surface area contributed by atoms with Crippen molar-refractivity contribution in [2.45, 2.75) is 20.8 Å². The van der Waals surface area contributed by atoms with E-state index in [0.717, 1.165) is 27.3 Å². The topological polar surface area (TPSA) is 74.2 Å². The van der Waals surface area contributed by atoms with Crippen LogP contribution in [-0.2, 0) is 14.4 Å². The first-order valence-corrected chi connectivity index (χ1v) is 8.64. The molecule has 1 aromatic carbocycles. The highest BCUT2D eigenvalue weighted by Crippen LogP contribution is 2.21. The molecule has 3 amide bonds. The molecule has 1 atom stereocenters. The molecule has 0 aromatic heterocycles. The van der Waals surface area contributed by atoms with Gasteiger partial charge in [-0.1, -0.05) is 17.7 Å². The van der Waals surface area contributed by atoms with Gasteiger partial charge in [0.1, 0.15) is 0 Å². The molecule has 0 heterocycles. The first kappa shape index (κ1) is 21.6. The predicted molar refractivity (Wildman–Crippen MR) is 102 cm³/mol. The Balaban J connectivity index is 2.57. The second-order valence-corrected chi connectivity index (χ2v) is 7.17. The zero-order valence-corrected chi connectivity index (χ0v) is 16.9. The molecule has 0 aliphatic carbocycles. The van der Waals surface area contributed by atoms with Crippen LogP contribution in [0.4, 0.5) is 5.69 Å². The SMILES string of the molecule is Cc1cc(C)c(NC(=O)C[NH+](C)CC(=O)N(C)CC(=O)N(C)C)c(C)c1. The van der Waals surface area contributed by atoms with Gasteiger partial charge < -0.3 is 20.0 Å². The number of anilines is 1. The molecule has 0 bridgehead atoms. The molecular weight excluding hydrogens is 332 g/mol. The highest BCUT2D eigenvalue weighted by atomic mass is 16.2. The number of hydrogen-bond acceptors (Lipinski definition) is 3. The number of quaternary nitrogens is 1. The van der Waals surface area contributed by atoms with Crippen molar-refractivity contribution in [3.8, 4) is 0 Å². The van der Waals surface area contributed by atoms with Gasteiger partial charge in [0.2, 0.25) is 5.91 Å². The summed E-state index contributed by atoms with van der Waals surface area (Å²) < 4.78 is 0. The van der Waals surface area contributed by atoms with E-state index >= 15 is 0 Å². The van der Waals surface area contributed by atoms with Crippen molar-refractivity contribution < 1.29 is 19.3 Å². The summed E-state index contributed by atoms with van der Waals surface area (Å²) >= 11 is 0. The average molecular weight is 363 g/mol. The maximum atomic E-state index is 12.3. The summed E-state index contributed by atoms with van der Waals surface area (Å²) in [6.07, 6.45) is 0. The monoisotopic (exact) mass is 363 g/mol. The van der Waals surface area contributed by atoms with Crippen LogP contribution in [0.5, 0.6) is 0 Å². The lowest BCUT2D eigenvalue weighted by atomic mass is 10.1. The predicted octanol–water partition coefficient (Wildman–Crippen LogP) is -0.388. The van der Waals surface area contributed by atoms with E-state index in [2.05, 4.69) is 5.32 Å². The molecule has 7 heteroatoms. The fraction of sp³-hybridized carbons (Fsp3) is 0.526. The van der Waals surface area contributed by atoms with E-state index in [1.807, 2.05) is 32.9 Å². The van der Waals surface area contributed by atoms with E-state index in [4.69, 9.17) is 0 Å². The number of nitrogens with zero attached hydrogens (tertiary/aromatic N) is 2. The third-order valence-corrected chi connectivity index (χ3v) is 4.15. The van der Waals surface area contributed by atoms with Gasteiger partial charge in [-0.3, -0.25) is 14.4 Å². The normalized spacial score (nSPS) is 11.7. The Kier molecular flexibility index (Phi) is 7.76. The molecule has 0 saturated carbocycles. The van der Waals surface area contributed by atoms with Gasteiger partial charge in [-0.2, -0.15) is 0 Å². The fourth-order valence-corrected chi connectivity index (χ4v) is 2.72. The van der Waals surface area contributed by atoms with Crippen LogP contribution in [-0.4, -0.2) is 75.3 Å². The molecule has 0 aliphatic heterocycles. The molecular formula is C19H31N4O3+. The third-order valence-electron chi connectivity index (χ3n) is 4.15. The molecule has 1 rings (SSSR count). The van der Waals surface area contributed by atoms with E-state index in [9.17, 15) is 14.4 Å². The lowest BCUT2D eigenvalue weighted by Gasteiger charge is -2.21. The first-order chi connectivity index (χ1) is 12.0. The van der Waals surface area contributed by atoms with E-state index in [1.54, 1.807) is 28.2 Å². The zero-order chi connectivity index (χ0) is 20.0. The summed E-state index contributed by atoms with van der Waals surface area (Å²) in [6, 6.07) is 4.05. The van der Waals surface area contributed by atoms with Gasteiger partial charge in [0.25, 0.3) is 11.8 Å². The molecule has 26 heavy (non-hydrogen) atoms. The number of likely N-dealkylation sites (N-methyl/N-ethyl adjacent to an activating group) is 3. The summed E-state index contributed by atoms with van der Waals surface area (Å²) in [5.41, 5.74) is 4.02. The molecule has 0 aliphatic rings. The Hall–Kier alpha value is -2.41. The van der Waals surface area contributed by atoms with Crippen LogP contribution in [0.3, 0.4) is 0 Å². The van der Waals surface area contributed by atoms with E-state index in [-0.39, 0.29) is 37.4 Å². The Morgan fingerprint density at radius 3 is 2.00 bits per heavy atom. The smallest absolute Gasteiger partial charge is 0.279 e. The van der Waals surface area contributed by atoms with Crippen molar-refractivity contribution in [3.05, 3.63) is 28.8 Å². The summed E-state index contributed by atoms with van der Waals surface area (Å²) in [4.78, 5) is 39.8. The highest BCUT2D eigenvalue weighted by Gasteiger charge is 2.20. The number of nitrogens with one attached hydrogen (secondary N) is 2. The van der Waals surface area contributed by atoms with Crippen LogP contribution < -0.4 is 10.2 Å². The molecule has 1 unspecified atom stereocenters. The minimum atomic E-state index is -0.173. The van der Waals surface area contributed by atoms with Gasteiger partial charge >= 0.3 is 0 Å². The summed E-state index contributed by atoms with van der Waals surface area (Å²) in [7, 11) is 6.68. The van der Waals surface area contributed by atoms with Crippen LogP contribution in [0.1, 0.15) is 16.7 Å². The van der Waals surface area contributed by atoms with Gasteiger partial charge in [-0.05, 0) is 31.9 Å². The second kappa shape index (κ2) is 9.33. The Bertz CT molecular complexity index is 662. The Morgan fingerprint density at radius 2 is 1.50 bits per heavy atom. The Labute approximate surface area is 155 Å². The summed E-state index contributed by atoms with van der Waals surface area (Å²) in [6.45, 7) is 6.31. The lowest BCUT2D eigenvalue weighted by molar-refractivity contribution is -0.862. The zero-order valence-electron chi connectivity index (χ0n) is 16.9. The van der Waals surface area contributed by atoms with E-state index in [1.165, 1.54) is 9.80 Å². The Morgan fingerprint density at radius 1 is 0.962 bits per heavy atom. The molecule has 2 N–H and O–H groups in total. The van der Waals surface area contributed by atoms with Gasteiger partial charge in [-0.15, -0.1) is 0 Å². The number of benzene rings is 1. The third kappa shape index (κ3) is 6.48. The number of carbonyl (C=O) groups is 3. The van der Waals surface area contributed by atoms with Crippen molar-refractivity contribution in [1.82, 2.24) is 9.80 Å². The largest absolute Gasteiger partial charge is 0.347 e. The highest BCUT2D eigenvalue weighted by molar-refractivity contribution is 5.93. The first-order valence-electron chi connectivity index (χ1n) is 8.64. The molecule has 1 aromatic rings. The van der Waals surface area contributed by atoms with Crippen LogP contribution in [0, 0.1) is 20.8 Å². The van der Waals surface area contributed by atoms with Crippen LogP contribution in [0.2, 0.25) is 0 Å². The number of hydrogen-bond donors (Lipinski definition) is 2. The molecule has 0 fully saturated rings. The van der Waals surface area contributed by atoms with Gasteiger partial charge in [0.05, 0.1) is 13.6 Å². The number of aryl methyl sites for hydroxylation is 3. The van der Waals surface area contributed by atoms with Crippen molar-refractivity contribution in [1.29, 1.82) is 0 Å². The fourth-order valence-electron chi connectivity index (χ4n) is 2.72. The number of rotatable bonds is 7. The molecule has 7 nitrogen and oxygen atoms in total. The van der Waals surface area contributed by atoms with Gasteiger partial charge in [0, 0.05) is 26.8 Å². The van der Waals surface area contributed by atoms with Crippen molar-refractivity contribution >= 4 is 23.4 Å². The van der Waals surface area contributed by atoms with Crippen LogP contribution in [0.15, 0.2) is 12.1 Å². The number of carbonyl (C=O) groups excluding carboxylic acids is 3. The van der Waals surface area contributed by atoms with Gasteiger partial charge in [0.15, 0.2) is 13.1 Å². The lowest BCUT2D eigenvalue weighted by Crippen LogP contribution is -3.11. The summed E-state index contributed by atoms with van der Waals surface area (Å²) in [5.74, 6) is -0.452. The van der Waals surface area contributed by atoms with E-state index < -0.39 is 0 Å². The summed E-state index contributed by atoms with van der Waals surface area (Å²) in [5, 5.41) is 2.94. The van der Waals surface area contributed by atoms with Crippen molar-refractivity contribution in [2.24, 2.45) is 0 Å². The molecule has 0 radical (unpaired) electrons. The minimum absolute atomic E-state index is 0.0348. The maximum absolute atomic E-state index is 12.3. The van der Waals surface area contributed by atoms with Crippen molar-refractivity contribution in [2.75, 3.05) is 53.1 Å². The van der Waals surface area contributed by atoms with Crippen LogP contribution in [0.25, 0.3) is 0 Å². The average Bonchev–Trinajstić information content (AvgIpc) is 2.50. The standard InChI is InChI=1S/C19H30N4O3/c1-13-8-14(2)19(15(3)9-13)20-16(24)10-22(6)11-18(26)23(7)12-17(25)21(4)5/h8-9H,10-12H2,1-7H3,(H,20,24)/p+1. The molecule has 0 saturated heterocycles. The molecule has 0 spiro atoms. The number of amides is 3. The second-order valence-electron chi connectivity index (χ2n) is 7.17. The van der Waals surface area contributed by atoms with Crippen molar-refractivity contribution in [3.63, 3.8) is 0 Å². The van der Waals surface area contributed by atoms with E-state index in [0.29, 0.717) is 0 Å². The van der Waals surface area contributed by atoms with Crippen LogP contribution >= 0.6 is 0 Å². The molecule has 144 valence electrons. The minimum Gasteiger partial charge on any atom is -0.347 e.